The van der Waals surface area contributed by atoms with Gasteiger partial charge in [-0.05, 0) is 6.07 Å². The van der Waals surface area contributed by atoms with E-state index in [1.807, 2.05) is 0 Å². The number of rotatable bonds is 2. The summed E-state index contributed by atoms with van der Waals surface area (Å²) in [6.07, 6.45) is -4.40. The minimum absolute atomic E-state index is 0.0656. The Morgan fingerprint density at radius 3 is 2.36 bits per heavy atom. The number of ether oxygens (including phenoxy) is 1. The molecular formula is C9H8ClF3O. The molecule has 0 aromatic heterocycles. The van der Waals surface area contributed by atoms with Crippen LogP contribution in [0.2, 0.25) is 0 Å². The van der Waals surface area contributed by atoms with E-state index >= 15 is 0 Å². The molecule has 0 saturated heterocycles. The van der Waals surface area contributed by atoms with Gasteiger partial charge in [0.2, 0.25) is 0 Å². The molecule has 14 heavy (non-hydrogen) atoms. The van der Waals surface area contributed by atoms with Gasteiger partial charge in [-0.1, -0.05) is 29.8 Å². The van der Waals surface area contributed by atoms with Gasteiger partial charge in [0.05, 0.1) is 5.56 Å². The molecule has 0 fully saturated rings. The molecule has 0 N–H and O–H groups in total. The van der Waals surface area contributed by atoms with Gasteiger partial charge in [0.25, 0.3) is 0 Å². The Bertz CT molecular complexity index is 311. The maximum Gasteiger partial charge on any atom is 0.416 e. The fourth-order valence-corrected chi connectivity index (χ4v) is 1.27. The van der Waals surface area contributed by atoms with Crippen LogP contribution in [0.4, 0.5) is 13.2 Å². The average Bonchev–Trinajstić information content (AvgIpc) is 2.15. The van der Waals surface area contributed by atoms with E-state index in [1.54, 1.807) is 0 Å². The number of hydrogen-bond acceptors (Lipinski definition) is 1. The minimum atomic E-state index is -4.40. The Labute approximate surface area is 84.4 Å². The van der Waals surface area contributed by atoms with E-state index in [0.717, 1.165) is 6.07 Å². The third-order valence-electron chi connectivity index (χ3n) is 1.72. The maximum atomic E-state index is 12.4. The average molecular weight is 225 g/mol. The van der Waals surface area contributed by atoms with E-state index in [9.17, 15) is 13.2 Å². The molecule has 0 spiro atoms. The molecule has 0 heterocycles. The summed E-state index contributed by atoms with van der Waals surface area (Å²) in [5, 5.41) is 0. The smallest absolute Gasteiger partial charge is 0.361 e. The van der Waals surface area contributed by atoms with Crippen molar-refractivity contribution in [1.82, 2.24) is 0 Å². The third kappa shape index (κ3) is 2.39. The molecule has 1 aromatic rings. The van der Waals surface area contributed by atoms with E-state index in [0.29, 0.717) is 0 Å². The van der Waals surface area contributed by atoms with Crippen molar-refractivity contribution in [1.29, 1.82) is 0 Å². The summed E-state index contributed by atoms with van der Waals surface area (Å²) in [6.45, 7) is 0. The summed E-state index contributed by atoms with van der Waals surface area (Å²) in [5.74, 6) is 0. The van der Waals surface area contributed by atoms with Crippen LogP contribution >= 0.6 is 11.6 Å². The Hall–Kier alpha value is -0.740. The molecule has 0 bridgehead atoms. The fraction of sp³-hybridized carbons (Fsp3) is 0.333. The van der Waals surface area contributed by atoms with Crippen LogP contribution in [0.1, 0.15) is 16.7 Å². The minimum Gasteiger partial charge on any atom is -0.361 e. The molecule has 1 atom stereocenters. The molecule has 0 radical (unpaired) electrons. The normalized spacial score (nSPS) is 14.1. The van der Waals surface area contributed by atoms with E-state index in [4.69, 9.17) is 11.6 Å². The van der Waals surface area contributed by atoms with E-state index in [-0.39, 0.29) is 5.56 Å². The fourth-order valence-electron chi connectivity index (χ4n) is 1.08. The second-order valence-electron chi connectivity index (χ2n) is 2.64. The van der Waals surface area contributed by atoms with Gasteiger partial charge in [-0.2, -0.15) is 13.2 Å². The van der Waals surface area contributed by atoms with Crippen molar-refractivity contribution in [2.45, 2.75) is 11.7 Å². The highest BCUT2D eigenvalue weighted by atomic mass is 35.5. The lowest BCUT2D eigenvalue weighted by molar-refractivity contribution is -0.138. The molecule has 1 rings (SSSR count). The van der Waals surface area contributed by atoms with Crippen molar-refractivity contribution in [2.75, 3.05) is 7.11 Å². The first kappa shape index (κ1) is 11.3. The molecule has 78 valence electrons. The van der Waals surface area contributed by atoms with Gasteiger partial charge in [-0.25, -0.2) is 0 Å². The predicted molar refractivity (Wildman–Crippen MR) is 47.0 cm³/mol. The van der Waals surface area contributed by atoms with Crippen LogP contribution in [0, 0.1) is 0 Å². The number of methoxy groups -OCH3 is 1. The second kappa shape index (κ2) is 4.19. The second-order valence-corrected chi connectivity index (χ2v) is 3.03. The molecular weight excluding hydrogens is 217 g/mol. The lowest BCUT2D eigenvalue weighted by Gasteiger charge is -2.15. The molecule has 1 unspecified atom stereocenters. The molecule has 0 aliphatic carbocycles. The van der Waals surface area contributed by atoms with E-state index in [1.165, 1.54) is 25.3 Å². The molecule has 0 aliphatic rings. The first-order valence-electron chi connectivity index (χ1n) is 3.80. The highest BCUT2D eigenvalue weighted by Gasteiger charge is 2.34. The van der Waals surface area contributed by atoms with Crippen LogP contribution in [0.25, 0.3) is 0 Å². The Kier molecular flexibility index (Phi) is 3.39. The van der Waals surface area contributed by atoms with Crippen LogP contribution in [0.5, 0.6) is 0 Å². The van der Waals surface area contributed by atoms with Crippen molar-refractivity contribution >= 4 is 11.6 Å². The van der Waals surface area contributed by atoms with Crippen LogP contribution < -0.4 is 0 Å². The van der Waals surface area contributed by atoms with E-state index in [2.05, 4.69) is 4.74 Å². The van der Waals surface area contributed by atoms with Crippen molar-refractivity contribution in [3.63, 3.8) is 0 Å². The largest absolute Gasteiger partial charge is 0.416 e. The zero-order valence-corrected chi connectivity index (χ0v) is 8.06. The first-order chi connectivity index (χ1) is 6.46. The van der Waals surface area contributed by atoms with Crippen molar-refractivity contribution in [3.05, 3.63) is 35.4 Å². The van der Waals surface area contributed by atoms with E-state index < -0.39 is 17.3 Å². The van der Waals surface area contributed by atoms with Crippen LogP contribution in [0.15, 0.2) is 24.3 Å². The monoisotopic (exact) mass is 224 g/mol. The lowest BCUT2D eigenvalue weighted by atomic mass is 10.1. The molecule has 0 amide bonds. The molecule has 5 heteroatoms. The summed E-state index contributed by atoms with van der Waals surface area (Å²) in [6, 6.07) is 5.07. The molecule has 1 nitrogen and oxygen atoms in total. The maximum absolute atomic E-state index is 12.4. The Balaban J connectivity index is 3.16. The highest BCUT2D eigenvalue weighted by molar-refractivity contribution is 6.20. The zero-order valence-electron chi connectivity index (χ0n) is 7.31. The lowest BCUT2D eigenvalue weighted by Crippen LogP contribution is -2.10. The number of hydrogen-bond donors (Lipinski definition) is 0. The van der Waals surface area contributed by atoms with Crippen molar-refractivity contribution in [2.24, 2.45) is 0 Å². The van der Waals surface area contributed by atoms with Gasteiger partial charge in [0.15, 0.2) is 5.56 Å². The summed E-state index contributed by atoms with van der Waals surface area (Å²) < 4.78 is 41.9. The van der Waals surface area contributed by atoms with Crippen LogP contribution in [-0.2, 0) is 10.9 Å². The first-order valence-corrected chi connectivity index (χ1v) is 4.23. The van der Waals surface area contributed by atoms with Crippen molar-refractivity contribution < 1.29 is 17.9 Å². The van der Waals surface area contributed by atoms with Crippen molar-refractivity contribution in [3.8, 4) is 0 Å². The summed E-state index contributed by atoms with van der Waals surface area (Å²) in [7, 11) is 1.25. The molecule has 1 aromatic carbocycles. The van der Waals surface area contributed by atoms with Crippen LogP contribution in [0.3, 0.4) is 0 Å². The number of benzene rings is 1. The van der Waals surface area contributed by atoms with Gasteiger partial charge in [-0.15, -0.1) is 0 Å². The Morgan fingerprint density at radius 2 is 1.86 bits per heavy atom. The van der Waals surface area contributed by atoms with Gasteiger partial charge < -0.3 is 4.74 Å². The summed E-state index contributed by atoms with van der Waals surface area (Å²) >= 11 is 5.58. The van der Waals surface area contributed by atoms with Gasteiger partial charge in [0, 0.05) is 12.7 Å². The SMILES string of the molecule is COC(Cl)c1ccccc1C(F)(F)F. The molecule has 0 saturated carbocycles. The summed E-state index contributed by atoms with van der Waals surface area (Å²) in [5.41, 5.74) is -1.90. The van der Waals surface area contributed by atoms with Gasteiger partial charge in [0.1, 0.15) is 0 Å². The highest BCUT2D eigenvalue weighted by Crippen LogP contribution is 2.36. The topological polar surface area (TPSA) is 9.23 Å². The molecule has 0 aliphatic heterocycles. The van der Waals surface area contributed by atoms with Gasteiger partial charge in [-0.3, -0.25) is 0 Å². The quantitative estimate of drug-likeness (QED) is 0.698. The van der Waals surface area contributed by atoms with Gasteiger partial charge >= 0.3 is 6.18 Å². The van der Waals surface area contributed by atoms with Crippen LogP contribution in [-0.4, -0.2) is 7.11 Å². The Morgan fingerprint density at radius 1 is 1.29 bits per heavy atom. The number of halogens is 4. The third-order valence-corrected chi connectivity index (χ3v) is 2.13. The zero-order chi connectivity index (χ0) is 10.8. The standard InChI is InChI=1S/C9H8ClF3O/c1-14-8(10)6-4-2-3-5-7(6)9(11,12)13/h2-5,8H,1H3. The number of alkyl halides is 4. The summed E-state index contributed by atoms with van der Waals surface area (Å²) in [4.78, 5) is 0. The predicted octanol–water partition coefficient (Wildman–Crippen LogP) is 3.59.